The Bertz CT molecular complexity index is 239. The van der Waals surface area contributed by atoms with Gasteiger partial charge in [-0.25, -0.2) is 0 Å². The van der Waals surface area contributed by atoms with Gasteiger partial charge in [0.1, 0.15) is 0 Å². The average molecular weight is 195 g/mol. The maximum Gasteiger partial charge on any atom is 0.223 e. The molecule has 2 bridgehead atoms. The van der Waals surface area contributed by atoms with Crippen LogP contribution in [-0.4, -0.2) is 5.91 Å². The molecule has 0 aromatic carbocycles. The summed E-state index contributed by atoms with van der Waals surface area (Å²) in [5.41, 5.74) is 5.93. The molecule has 0 spiro atoms. The fourth-order valence-corrected chi connectivity index (χ4v) is 3.55. The summed E-state index contributed by atoms with van der Waals surface area (Å²) in [4.78, 5) is 11.4. The van der Waals surface area contributed by atoms with Crippen LogP contribution in [0.3, 0.4) is 0 Å². The maximum atomic E-state index is 11.4. The zero-order valence-electron chi connectivity index (χ0n) is 9.14. The topological polar surface area (TPSA) is 43.1 Å². The summed E-state index contributed by atoms with van der Waals surface area (Å²) in [7, 11) is 0. The van der Waals surface area contributed by atoms with Crippen molar-refractivity contribution in [2.75, 3.05) is 0 Å². The molecule has 0 heterocycles. The van der Waals surface area contributed by atoms with E-state index in [2.05, 4.69) is 6.92 Å². The van der Waals surface area contributed by atoms with Crippen LogP contribution >= 0.6 is 0 Å². The molecule has 2 heteroatoms. The molecule has 2 aliphatic carbocycles. The van der Waals surface area contributed by atoms with Crippen molar-refractivity contribution in [2.24, 2.45) is 16.6 Å². The fraction of sp³-hybridized carbons (Fsp3) is 0.917. The van der Waals surface area contributed by atoms with E-state index < -0.39 is 0 Å². The van der Waals surface area contributed by atoms with E-state index in [1.54, 1.807) is 0 Å². The van der Waals surface area contributed by atoms with Crippen LogP contribution in [0.1, 0.15) is 58.3 Å². The zero-order chi connectivity index (χ0) is 10.2. The predicted octanol–water partition coefficient (Wildman–Crippen LogP) is 2.61. The minimum Gasteiger partial charge on any atom is -0.369 e. The van der Waals surface area contributed by atoms with Gasteiger partial charge in [-0.3, -0.25) is 4.79 Å². The number of hydrogen-bond acceptors (Lipinski definition) is 1. The van der Waals surface area contributed by atoms with Crippen molar-refractivity contribution in [1.82, 2.24) is 0 Å². The largest absolute Gasteiger partial charge is 0.369 e. The van der Waals surface area contributed by atoms with Gasteiger partial charge in [0.15, 0.2) is 0 Å². The Balaban J connectivity index is 2.04. The monoisotopic (exact) mass is 195 g/mol. The van der Waals surface area contributed by atoms with E-state index in [0.717, 1.165) is 19.3 Å². The van der Waals surface area contributed by atoms with Crippen LogP contribution in [0.15, 0.2) is 0 Å². The van der Waals surface area contributed by atoms with Gasteiger partial charge in [-0.15, -0.1) is 0 Å². The number of unbranched alkanes of at least 4 members (excludes halogenated alkanes) is 1. The van der Waals surface area contributed by atoms with E-state index in [4.69, 9.17) is 5.73 Å². The summed E-state index contributed by atoms with van der Waals surface area (Å²) >= 11 is 0. The van der Waals surface area contributed by atoms with E-state index in [0.29, 0.717) is 5.41 Å². The lowest BCUT2D eigenvalue weighted by Gasteiger charge is -2.26. The lowest BCUT2D eigenvalue weighted by molar-refractivity contribution is -0.127. The van der Waals surface area contributed by atoms with Gasteiger partial charge in [-0.1, -0.05) is 19.8 Å². The van der Waals surface area contributed by atoms with Crippen LogP contribution in [-0.2, 0) is 4.79 Å². The van der Waals surface area contributed by atoms with Crippen LogP contribution < -0.4 is 5.73 Å². The number of fused-ring (bicyclic) bond motifs is 2. The number of hydrogen-bond donors (Lipinski definition) is 1. The summed E-state index contributed by atoms with van der Waals surface area (Å²) in [6.45, 7) is 2.24. The van der Waals surface area contributed by atoms with E-state index in [1.807, 2.05) is 0 Å². The van der Waals surface area contributed by atoms with Crippen LogP contribution in [0.2, 0.25) is 0 Å². The molecule has 0 aromatic rings. The van der Waals surface area contributed by atoms with Crippen molar-refractivity contribution in [2.45, 2.75) is 58.3 Å². The van der Waals surface area contributed by atoms with Gasteiger partial charge in [0.2, 0.25) is 5.91 Å². The van der Waals surface area contributed by atoms with Gasteiger partial charge in [0.05, 0.1) is 0 Å². The third kappa shape index (κ3) is 1.35. The highest BCUT2D eigenvalue weighted by atomic mass is 16.1. The molecule has 0 radical (unpaired) electrons. The lowest BCUT2D eigenvalue weighted by Crippen LogP contribution is -2.32. The molecule has 2 saturated carbocycles. The molecule has 80 valence electrons. The number of primary amides is 1. The number of amides is 1. The van der Waals surface area contributed by atoms with Crippen LogP contribution in [0, 0.1) is 10.8 Å². The van der Waals surface area contributed by atoms with Crippen LogP contribution in [0.4, 0.5) is 0 Å². The first-order valence-electron chi connectivity index (χ1n) is 5.92. The summed E-state index contributed by atoms with van der Waals surface area (Å²) in [5, 5.41) is 0. The number of carbonyl (C=O) groups excluding carboxylic acids is 1. The molecule has 0 aliphatic heterocycles. The molecule has 0 saturated heterocycles. The van der Waals surface area contributed by atoms with E-state index in [1.165, 1.54) is 32.1 Å². The number of rotatable bonds is 4. The third-order valence-electron chi connectivity index (χ3n) is 4.56. The molecule has 2 N–H and O–H groups in total. The van der Waals surface area contributed by atoms with Crippen LogP contribution in [0.5, 0.6) is 0 Å². The molecule has 14 heavy (non-hydrogen) atoms. The summed E-state index contributed by atoms with van der Waals surface area (Å²) < 4.78 is 0. The molecule has 0 atom stereocenters. The Morgan fingerprint density at radius 2 is 1.93 bits per heavy atom. The highest BCUT2D eigenvalue weighted by molar-refractivity contribution is 5.81. The molecule has 0 unspecified atom stereocenters. The molecule has 2 rings (SSSR count). The van der Waals surface area contributed by atoms with Gasteiger partial charge < -0.3 is 5.73 Å². The smallest absolute Gasteiger partial charge is 0.223 e. The molecule has 2 aliphatic rings. The molecular formula is C12H21NO. The van der Waals surface area contributed by atoms with Gasteiger partial charge in [0.25, 0.3) is 0 Å². The normalized spacial score (nSPS) is 40.4. The Morgan fingerprint density at radius 3 is 2.36 bits per heavy atom. The van der Waals surface area contributed by atoms with E-state index in [9.17, 15) is 4.79 Å². The molecule has 0 aromatic heterocycles. The summed E-state index contributed by atoms with van der Waals surface area (Å²) in [5.74, 6) is -0.0339. The van der Waals surface area contributed by atoms with Gasteiger partial charge >= 0.3 is 0 Å². The third-order valence-corrected chi connectivity index (χ3v) is 4.56. The minimum absolute atomic E-state index is 0.0339. The maximum absolute atomic E-state index is 11.4. The highest BCUT2D eigenvalue weighted by Gasteiger charge is 2.56. The van der Waals surface area contributed by atoms with Crippen molar-refractivity contribution in [3.63, 3.8) is 0 Å². The summed E-state index contributed by atoms with van der Waals surface area (Å²) in [6, 6.07) is 0. The van der Waals surface area contributed by atoms with Crippen LogP contribution in [0.25, 0.3) is 0 Å². The summed E-state index contributed by atoms with van der Waals surface area (Å²) in [6.07, 6.45) is 9.61. The van der Waals surface area contributed by atoms with Crippen molar-refractivity contribution < 1.29 is 4.79 Å². The Morgan fingerprint density at radius 1 is 1.29 bits per heavy atom. The lowest BCUT2D eigenvalue weighted by atomic mass is 9.79. The first-order chi connectivity index (χ1) is 6.63. The Labute approximate surface area is 86.2 Å². The second-order valence-electron chi connectivity index (χ2n) is 5.42. The van der Waals surface area contributed by atoms with Crippen molar-refractivity contribution >= 4 is 5.91 Å². The zero-order valence-corrected chi connectivity index (χ0v) is 9.14. The van der Waals surface area contributed by atoms with Crippen molar-refractivity contribution in [1.29, 1.82) is 0 Å². The minimum atomic E-state index is -0.0895. The molecular weight excluding hydrogens is 174 g/mol. The molecule has 1 amide bonds. The van der Waals surface area contributed by atoms with E-state index in [-0.39, 0.29) is 11.3 Å². The van der Waals surface area contributed by atoms with E-state index >= 15 is 0 Å². The standard InChI is InChI=1S/C12H21NO/c1-2-3-4-11-5-7-12(9-11,8-6-11)10(13)14/h2-9H2,1H3,(H2,13,14). The average Bonchev–Trinajstić information content (AvgIpc) is 2.72. The van der Waals surface area contributed by atoms with Crippen molar-refractivity contribution in [3.05, 3.63) is 0 Å². The Kier molecular flexibility index (Phi) is 2.32. The number of nitrogens with two attached hydrogens (primary N) is 1. The van der Waals surface area contributed by atoms with Gasteiger partial charge in [-0.2, -0.15) is 0 Å². The second-order valence-corrected chi connectivity index (χ2v) is 5.42. The van der Waals surface area contributed by atoms with Gasteiger partial charge in [0, 0.05) is 5.41 Å². The first-order valence-corrected chi connectivity index (χ1v) is 5.92. The van der Waals surface area contributed by atoms with Crippen molar-refractivity contribution in [3.8, 4) is 0 Å². The van der Waals surface area contributed by atoms with Gasteiger partial charge in [-0.05, 0) is 43.9 Å². The quantitative estimate of drug-likeness (QED) is 0.736. The molecule has 2 nitrogen and oxygen atoms in total. The number of carbonyl (C=O) groups is 1. The highest BCUT2D eigenvalue weighted by Crippen LogP contribution is 2.63. The Hall–Kier alpha value is -0.530. The SMILES string of the molecule is CCCCC12CCC(C(N)=O)(CC1)C2. The molecule has 2 fully saturated rings. The first kappa shape index (κ1) is 10.0. The second kappa shape index (κ2) is 3.25. The predicted molar refractivity (Wildman–Crippen MR) is 56.7 cm³/mol. The fourth-order valence-electron chi connectivity index (χ4n) is 3.55.